The Kier molecular flexibility index (Phi) is 3.13. The summed E-state index contributed by atoms with van der Waals surface area (Å²) in [5.74, 6) is 1.72. The molecule has 0 radical (unpaired) electrons. The zero-order chi connectivity index (χ0) is 12.5. The van der Waals surface area contributed by atoms with Gasteiger partial charge in [-0.05, 0) is 46.9 Å². The van der Waals surface area contributed by atoms with Gasteiger partial charge in [-0.25, -0.2) is 0 Å². The lowest BCUT2D eigenvalue weighted by atomic mass is 10.0. The van der Waals surface area contributed by atoms with Crippen LogP contribution in [0.3, 0.4) is 0 Å². The van der Waals surface area contributed by atoms with Crippen LogP contribution in [0.25, 0.3) is 11.5 Å². The number of hydrogen-bond acceptors (Lipinski definition) is 5. The lowest BCUT2D eigenvalue weighted by molar-refractivity contribution is 0.319. The van der Waals surface area contributed by atoms with Crippen molar-refractivity contribution in [2.45, 2.75) is 19.4 Å². The Hall–Kier alpha value is -1.27. The van der Waals surface area contributed by atoms with E-state index in [1.54, 1.807) is 6.20 Å². The van der Waals surface area contributed by atoms with Crippen molar-refractivity contribution in [2.75, 3.05) is 6.54 Å². The first-order valence-electron chi connectivity index (χ1n) is 5.93. The van der Waals surface area contributed by atoms with Crippen LogP contribution in [0.15, 0.2) is 27.3 Å². The minimum absolute atomic E-state index is 0.168. The van der Waals surface area contributed by atoms with Gasteiger partial charge in [0.05, 0.1) is 6.04 Å². The Labute approximate surface area is 113 Å². The van der Waals surface area contributed by atoms with E-state index in [0.29, 0.717) is 17.6 Å². The second-order valence-electron chi connectivity index (χ2n) is 4.52. The molecule has 0 aliphatic carbocycles. The van der Waals surface area contributed by atoms with Gasteiger partial charge in [0.1, 0.15) is 5.69 Å². The Morgan fingerprint density at radius 2 is 2.33 bits per heavy atom. The van der Waals surface area contributed by atoms with Gasteiger partial charge in [0, 0.05) is 10.7 Å². The highest BCUT2D eigenvalue weighted by molar-refractivity contribution is 9.10. The Balaban J connectivity index is 1.87. The zero-order valence-corrected chi connectivity index (χ0v) is 11.5. The lowest BCUT2D eigenvalue weighted by Gasteiger charge is -2.09. The molecule has 2 aromatic rings. The van der Waals surface area contributed by atoms with E-state index in [0.717, 1.165) is 23.1 Å². The fourth-order valence-corrected chi connectivity index (χ4v) is 2.37. The van der Waals surface area contributed by atoms with Crippen LogP contribution in [-0.2, 0) is 0 Å². The second-order valence-corrected chi connectivity index (χ2v) is 5.43. The number of halogens is 1. The molecule has 3 heterocycles. The molecule has 1 aliphatic heterocycles. The normalized spacial score (nSPS) is 23.4. The Morgan fingerprint density at radius 1 is 1.44 bits per heavy atom. The van der Waals surface area contributed by atoms with Crippen LogP contribution in [0, 0.1) is 5.92 Å². The maximum Gasteiger partial charge on any atom is 0.244 e. The summed E-state index contributed by atoms with van der Waals surface area (Å²) < 4.78 is 6.26. The van der Waals surface area contributed by atoms with Crippen LogP contribution in [0.4, 0.5) is 0 Å². The number of hydrogen-bond donors (Lipinski definition) is 1. The van der Waals surface area contributed by atoms with Crippen molar-refractivity contribution in [3.05, 3.63) is 28.7 Å². The van der Waals surface area contributed by atoms with E-state index in [4.69, 9.17) is 4.52 Å². The molecule has 1 saturated heterocycles. The van der Waals surface area contributed by atoms with Gasteiger partial charge in [0.25, 0.3) is 0 Å². The first-order chi connectivity index (χ1) is 8.74. The highest BCUT2D eigenvalue weighted by Gasteiger charge is 2.29. The zero-order valence-electron chi connectivity index (χ0n) is 9.93. The number of aromatic nitrogens is 3. The standard InChI is InChI=1S/C12H13BrN4O/c1-7-4-5-14-10(7)12-16-11(17-18-12)9-3-2-8(13)6-15-9/h2-3,6-7,10,14H,4-5H2,1H3. The fraction of sp³-hybridized carbons (Fsp3) is 0.417. The van der Waals surface area contributed by atoms with Gasteiger partial charge in [0.2, 0.25) is 11.7 Å². The van der Waals surface area contributed by atoms with Crippen LogP contribution in [0.1, 0.15) is 25.3 Å². The molecule has 0 aromatic carbocycles. The maximum absolute atomic E-state index is 5.33. The van der Waals surface area contributed by atoms with Crippen molar-refractivity contribution in [3.8, 4) is 11.5 Å². The third-order valence-corrected chi connectivity index (χ3v) is 3.67. The molecule has 0 amide bonds. The highest BCUT2D eigenvalue weighted by Crippen LogP contribution is 2.28. The van der Waals surface area contributed by atoms with E-state index < -0.39 is 0 Å². The molecule has 2 atom stereocenters. The fourth-order valence-electron chi connectivity index (χ4n) is 2.14. The smallest absolute Gasteiger partial charge is 0.244 e. The van der Waals surface area contributed by atoms with Gasteiger partial charge in [-0.1, -0.05) is 12.1 Å². The number of nitrogens with one attached hydrogen (secondary N) is 1. The first-order valence-corrected chi connectivity index (χ1v) is 6.72. The SMILES string of the molecule is CC1CCNC1c1nc(-c2ccc(Br)cn2)no1. The number of rotatable bonds is 2. The van der Waals surface area contributed by atoms with Crippen LogP contribution in [-0.4, -0.2) is 21.7 Å². The maximum atomic E-state index is 5.33. The Morgan fingerprint density at radius 3 is 3.00 bits per heavy atom. The molecule has 1 aliphatic rings. The van der Waals surface area contributed by atoms with Crippen molar-refractivity contribution in [3.63, 3.8) is 0 Å². The summed E-state index contributed by atoms with van der Waals surface area (Å²) in [5, 5.41) is 7.36. The molecule has 5 nitrogen and oxygen atoms in total. The monoisotopic (exact) mass is 308 g/mol. The summed E-state index contributed by atoms with van der Waals surface area (Å²) in [4.78, 5) is 8.68. The van der Waals surface area contributed by atoms with Crippen molar-refractivity contribution in [2.24, 2.45) is 5.92 Å². The number of pyridine rings is 1. The Bertz CT molecular complexity index is 539. The molecule has 0 spiro atoms. The molecular formula is C12H13BrN4O. The van der Waals surface area contributed by atoms with Crippen molar-refractivity contribution >= 4 is 15.9 Å². The second kappa shape index (κ2) is 4.78. The van der Waals surface area contributed by atoms with Crippen molar-refractivity contribution < 1.29 is 4.52 Å². The van der Waals surface area contributed by atoms with Crippen LogP contribution >= 0.6 is 15.9 Å². The van der Waals surface area contributed by atoms with Crippen molar-refractivity contribution in [1.82, 2.24) is 20.4 Å². The summed E-state index contributed by atoms with van der Waals surface area (Å²) in [6.07, 6.45) is 2.86. The molecule has 2 unspecified atom stereocenters. The van der Waals surface area contributed by atoms with E-state index in [9.17, 15) is 0 Å². The third-order valence-electron chi connectivity index (χ3n) is 3.20. The largest absolute Gasteiger partial charge is 0.337 e. The predicted molar refractivity (Wildman–Crippen MR) is 69.8 cm³/mol. The molecule has 3 rings (SSSR count). The summed E-state index contributed by atoms with van der Waals surface area (Å²) in [5.41, 5.74) is 0.721. The first kappa shape index (κ1) is 11.8. The molecule has 18 heavy (non-hydrogen) atoms. The van der Waals surface area contributed by atoms with E-state index in [1.165, 1.54) is 0 Å². The number of nitrogens with zero attached hydrogens (tertiary/aromatic N) is 3. The van der Waals surface area contributed by atoms with Gasteiger partial charge in [0.15, 0.2) is 0 Å². The van der Waals surface area contributed by atoms with E-state index in [1.807, 2.05) is 12.1 Å². The predicted octanol–water partition coefficient (Wildman–Crippen LogP) is 2.56. The summed E-state index contributed by atoms with van der Waals surface area (Å²) >= 11 is 3.35. The topological polar surface area (TPSA) is 63.8 Å². The average molecular weight is 309 g/mol. The molecule has 0 saturated carbocycles. The quantitative estimate of drug-likeness (QED) is 0.923. The summed E-state index contributed by atoms with van der Waals surface area (Å²) in [6, 6.07) is 3.95. The molecule has 1 fully saturated rings. The minimum Gasteiger partial charge on any atom is -0.337 e. The van der Waals surface area contributed by atoms with E-state index in [2.05, 4.69) is 43.3 Å². The van der Waals surface area contributed by atoms with Gasteiger partial charge >= 0.3 is 0 Å². The summed E-state index contributed by atoms with van der Waals surface area (Å²) in [7, 11) is 0. The molecule has 0 bridgehead atoms. The van der Waals surface area contributed by atoms with Gasteiger partial charge in [-0.2, -0.15) is 4.98 Å². The molecule has 2 aromatic heterocycles. The van der Waals surface area contributed by atoms with Crippen LogP contribution in [0.2, 0.25) is 0 Å². The van der Waals surface area contributed by atoms with Crippen LogP contribution < -0.4 is 5.32 Å². The molecule has 6 heteroatoms. The van der Waals surface area contributed by atoms with Crippen LogP contribution in [0.5, 0.6) is 0 Å². The average Bonchev–Trinajstić information content (AvgIpc) is 2.98. The third kappa shape index (κ3) is 2.18. The minimum atomic E-state index is 0.168. The van der Waals surface area contributed by atoms with Gasteiger partial charge < -0.3 is 9.84 Å². The van der Waals surface area contributed by atoms with E-state index >= 15 is 0 Å². The van der Waals surface area contributed by atoms with Crippen molar-refractivity contribution in [1.29, 1.82) is 0 Å². The molecular weight excluding hydrogens is 296 g/mol. The van der Waals surface area contributed by atoms with Gasteiger partial charge in [-0.15, -0.1) is 0 Å². The molecule has 1 N–H and O–H groups in total. The molecule has 94 valence electrons. The van der Waals surface area contributed by atoms with Gasteiger partial charge in [-0.3, -0.25) is 4.98 Å². The highest BCUT2D eigenvalue weighted by atomic mass is 79.9. The van der Waals surface area contributed by atoms with E-state index in [-0.39, 0.29) is 6.04 Å². The summed E-state index contributed by atoms with van der Waals surface area (Å²) in [6.45, 7) is 3.19. The lowest BCUT2D eigenvalue weighted by Crippen LogP contribution is -2.16.